The molecule has 0 radical (unpaired) electrons. The number of piperidine rings is 1. The fourth-order valence-electron chi connectivity index (χ4n) is 4.28. The molecule has 0 saturated carbocycles. The summed E-state index contributed by atoms with van der Waals surface area (Å²) in [6.45, 7) is 3.06. The van der Waals surface area contributed by atoms with E-state index in [1.807, 2.05) is 5.10 Å². The van der Waals surface area contributed by atoms with Gasteiger partial charge in [0, 0.05) is 39.0 Å². The second-order valence-electron chi connectivity index (χ2n) is 8.15. The molecule has 1 aromatic carbocycles. The van der Waals surface area contributed by atoms with E-state index in [1.165, 1.54) is 24.0 Å². The Kier molecular flexibility index (Phi) is 5.83. The predicted octanol–water partition coefficient (Wildman–Crippen LogP) is 3.09. The van der Waals surface area contributed by atoms with Crippen molar-refractivity contribution in [1.29, 1.82) is 0 Å². The van der Waals surface area contributed by atoms with Gasteiger partial charge in [0.1, 0.15) is 5.56 Å². The van der Waals surface area contributed by atoms with Crippen LogP contribution in [0, 0.1) is 11.7 Å². The van der Waals surface area contributed by atoms with E-state index in [9.17, 15) is 27.2 Å². The number of hydrogen-bond donors (Lipinski definition) is 1. The summed E-state index contributed by atoms with van der Waals surface area (Å²) in [6, 6.07) is 2.74. The first-order valence-electron chi connectivity index (χ1n) is 10.2. The zero-order chi connectivity index (χ0) is 23.0. The summed E-state index contributed by atoms with van der Waals surface area (Å²) >= 11 is 0. The molecule has 0 bridgehead atoms. The second-order valence-corrected chi connectivity index (χ2v) is 8.15. The van der Waals surface area contributed by atoms with Crippen molar-refractivity contribution in [3.63, 3.8) is 0 Å². The molecule has 1 saturated heterocycles. The van der Waals surface area contributed by atoms with Gasteiger partial charge in [-0.05, 0) is 36.1 Å². The maximum atomic E-state index is 14.6. The monoisotopic (exact) mass is 454 g/mol. The Hall–Kier alpha value is -3.11. The van der Waals surface area contributed by atoms with E-state index in [0.29, 0.717) is 24.2 Å². The van der Waals surface area contributed by atoms with Gasteiger partial charge in [-0.15, -0.1) is 0 Å². The van der Waals surface area contributed by atoms with Gasteiger partial charge in [-0.2, -0.15) is 18.3 Å². The van der Waals surface area contributed by atoms with E-state index in [1.54, 1.807) is 4.90 Å². The number of carbonyl (C=O) groups excluding carboxylic acids is 1. The van der Waals surface area contributed by atoms with Crippen molar-refractivity contribution in [2.24, 2.45) is 5.92 Å². The summed E-state index contributed by atoms with van der Waals surface area (Å²) in [7, 11) is 0. The van der Waals surface area contributed by atoms with Crippen LogP contribution in [0.3, 0.4) is 0 Å². The number of benzene rings is 1. The number of H-pyrrole nitrogens is 1. The topological polar surface area (TPSA) is 78.5 Å². The van der Waals surface area contributed by atoms with Crippen molar-refractivity contribution >= 4 is 11.6 Å². The van der Waals surface area contributed by atoms with Gasteiger partial charge in [-0.25, -0.2) is 9.49 Å². The van der Waals surface area contributed by atoms with E-state index >= 15 is 0 Å². The van der Waals surface area contributed by atoms with Gasteiger partial charge in [-0.3, -0.25) is 9.59 Å². The lowest BCUT2D eigenvalue weighted by molar-refractivity contribution is -0.138. The maximum Gasteiger partial charge on any atom is 0.423 e. The number of nitrogens with one attached hydrogen (secondary N) is 1. The van der Waals surface area contributed by atoms with Crippen molar-refractivity contribution in [2.45, 2.75) is 39.0 Å². The molecule has 32 heavy (non-hydrogen) atoms. The average Bonchev–Trinajstić information content (AvgIpc) is 3.13. The van der Waals surface area contributed by atoms with Gasteiger partial charge in [0.05, 0.1) is 18.5 Å². The van der Waals surface area contributed by atoms with Gasteiger partial charge in [-0.1, -0.05) is 0 Å². The molecule has 7 nitrogen and oxygen atoms in total. The molecular formula is C21H22F4N4O3. The molecule has 1 atom stereocenters. The molecule has 1 unspecified atom stereocenters. The molecule has 172 valence electrons. The van der Waals surface area contributed by atoms with Crippen LogP contribution in [-0.4, -0.2) is 40.7 Å². The maximum absolute atomic E-state index is 14.6. The van der Waals surface area contributed by atoms with Crippen LogP contribution in [0.25, 0.3) is 0 Å². The number of hydrogen-bond acceptors (Lipinski definition) is 5. The first kappa shape index (κ1) is 22.1. The van der Waals surface area contributed by atoms with Crippen molar-refractivity contribution < 1.29 is 27.1 Å². The Balaban J connectivity index is 1.50. The van der Waals surface area contributed by atoms with Crippen molar-refractivity contribution in [3.8, 4) is 5.75 Å². The molecule has 3 heterocycles. The van der Waals surface area contributed by atoms with E-state index in [-0.39, 0.29) is 43.0 Å². The molecule has 1 N–H and O–H groups in total. The number of nitrogens with zero attached hydrogens (tertiary/aromatic N) is 3. The number of fused-ring (bicyclic) bond motifs is 1. The van der Waals surface area contributed by atoms with Gasteiger partial charge in [0.15, 0.2) is 11.6 Å². The lowest BCUT2D eigenvalue weighted by Gasteiger charge is -2.31. The third kappa shape index (κ3) is 4.42. The number of alkyl halides is 3. The lowest BCUT2D eigenvalue weighted by Crippen LogP contribution is -2.40. The minimum Gasteiger partial charge on any atom is -0.490 e. The Bertz CT molecular complexity index is 1090. The first-order valence-corrected chi connectivity index (χ1v) is 10.2. The van der Waals surface area contributed by atoms with Crippen LogP contribution in [-0.2, 0) is 24.1 Å². The van der Waals surface area contributed by atoms with Crippen LogP contribution < -0.4 is 15.2 Å². The molecule has 0 spiro atoms. The van der Waals surface area contributed by atoms with Crippen LogP contribution >= 0.6 is 0 Å². The third-order valence-electron chi connectivity index (χ3n) is 5.88. The summed E-state index contributed by atoms with van der Waals surface area (Å²) in [5, 5.41) is 5.31. The number of amides is 1. The summed E-state index contributed by atoms with van der Waals surface area (Å²) < 4.78 is 60.5. The molecule has 1 fully saturated rings. The number of carbonyl (C=O) groups is 1. The molecular weight excluding hydrogens is 432 g/mol. The highest BCUT2D eigenvalue weighted by atomic mass is 19.4. The van der Waals surface area contributed by atoms with Gasteiger partial charge < -0.3 is 14.5 Å². The lowest BCUT2D eigenvalue weighted by atomic mass is 9.99. The third-order valence-corrected chi connectivity index (χ3v) is 5.88. The minimum absolute atomic E-state index is 0.00836. The number of rotatable bonds is 4. The number of halogens is 4. The van der Waals surface area contributed by atoms with Crippen molar-refractivity contribution in [2.75, 3.05) is 24.6 Å². The van der Waals surface area contributed by atoms with Crippen LogP contribution in [0.5, 0.6) is 5.75 Å². The van der Waals surface area contributed by atoms with Crippen LogP contribution in [0.1, 0.15) is 36.5 Å². The highest BCUT2D eigenvalue weighted by molar-refractivity contribution is 5.73. The molecule has 0 aliphatic carbocycles. The number of aromatic nitrogens is 2. The Morgan fingerprint density at radius 3 is 2.69 bits per heavy atom. The molecule has 1 amide bonds. The van der Waals surface area contributed by atoms with Gasteiger partial charge >= 0.3 is 6.18 Å². The molecule has 2 aliphatic rings. The van der Waals surface area contributed by atoms with E-state index in [4.69, 9.17) is 4.74 Å². The molecule has 2 aliphatic heterocycles. The fourth-order valence-corrected chi connectivity index (χ4v) is 4.28. The Morgan fingerprint density at radius 1 is 1.28 bits per heavy atom. The SMILES string of the molecule is CC(=O)N1CCCC(COc2cc3c(cc2F)CN(c2cn[nH]c(=O)c2C(F)(F)F)C3)C1. The standard InChI is InChI=1S/C21H22F4N4O3/c1-12(30)28-4-2-3-13(8-28)11-32-18-6-15-10-29(9-14(15)5-16(18)22)17-7-26-27-20(31)19(17)21(23,24)25/h5-7,13H,2-4,8-11H2,1H3,(H,27,31). The zero-order valence-electron chi connectivity index (χ0n) is 17.3. The first-order chi connectivity index (χ1) is 15.1. The molecule has 4 rings (SSSR count). The van der Waals surface area contributed by atoms with Crippen LogP contribution in [0.4, 0.5) is 23.2 Å². The normalized spacial score (nSPS) is 18.6. The van der Waals surface area contributed by atoms with Gasteiger partial charge in [0.2, 0.25) is 5.91 Å². The number of likely N-dealkylation sites (tertiary alicyclic amines) is 1. The predicted molar refractivity (Wildman–Crippen MR) is 107 cm³/mol. The Morgan fingerprint density at radius 2 is 2.00 bits per heavy atom. The average molecular weight is 454 g/mol. The fraction of sp³-hybridized carbons (Fsp3) is 0.476. The second kappa shape index (κ2) is 8.44. The van der Waals surface area contributed by atoms with Gasteiger partial charge in [0.25, 0.3) is 5.56 Å². The summed E-state index contributed by atoms with van der Waals surface area (Å²) in [4.78, 5) is 26.4. The van der Waals surface area contributed by atoms with Crippen LogP contribution in [0.2, 0.25) is 0 Å². The molecule has 1 aromatic heterocycles. The smallest absolute Gasteiger partial charge is 0.423 e. The molecule has 11 heteroatoms. The summed E-state index contributed by atoms with van der Waals surface area (Å²) in [5.41, 5.74) is -1.88. The van der Waals surface area contributed by atoms with E-state index in [0.717, 1.165) is 19.0 Å². The summed E-state index contributed by atoms with van der Waals surface area (Å²) in [6.07, 6.45) is -2.19. The minimum atomic E-state index is -4.85. The van der Waals surface area contributed by atoms with E-state index in [2.05, 4.69) is 5.10 Å². The summed E-state index contributed by atoms with van der Waals surface area (Å²) in [5.74, 6) is -0.519. The molecule has 2 aromatic rings. The number of aromatic amines is 1. The van der Waals surface area contributed by atoms with Crippen LogP contribution in [0.15, 0.2) is 23.1 Å². The number of ether oxygens (including phenoxy) is 1. The highest BCUT2D eigenvalue weighted by Crippen LogP contribution is 2.38. The zero-order valence-corrected chi connectivity index (χ0v) is 17.3. The highest BCUT2D eigenvalue weighted by Gasteiger charge is 2.39. The van der Waals surface area contributed by atoms with Crippen molar-refractivity contribution in [3.05, 3.63) is 51.2 Å². The quantitative estimate of drug-likeness (QED) is 0.719. The van der Waals surface area contributed by atoms with Crippen molar-refractivity contribution in [1.82, 2.24) is 15.1 Å². The Labute approximate surface area is 181 Å². The number of anilines is 1. The largest absolute Gasteiger partial charge is 0.490 e. The van der Waals surface area contributed by atoms with E-state index < -0.39 is 23.1 Å².